The van der Waals surface area contributed by atoms with E-state index in [0.717, 1.165) is 30.6 Å². The largest absolute Gasteiger partial charge is 0.492 e. The normalized spacial score (nSPS) is 14.5. The highest BCUT2D eigenvalue weighted by molar-refractivity contribution is 7.10. The molecule has 1 saturated carbocycles. The number of para-hydroxylation sites is 2. The summed E-state index contributed by atoms with van der Waals surface area (Å²) in [6, 6.07) is 15.9. The van der Waals surface area contributed by atoms with Gasteiger partial charge < -0.3 is 10.1 Å². The van der Waals surface area contributed by atoms with E-state index in [4.69, 9.17) is 4.74 Å². The third-order valence-corrected chi connectivity index (χ3v) is 6.88. The zero-order valence-corrected chi connectivity index (χ0v) is 20.0. The van der Waals surface area contributed by atoms with Gasteiger partial charge in [-0.25, -0.2) is 4.39 Å². The van der Waals surface area contributed by atoms with Crippen molar-refractivity contribution >= 4 is 28.8 Å². The van der Waals surface area contributed by atoms with Crippen molar-refractivity contribution in [3.63, 3.8) is 0 Å². The van der Waals surface area contributed by atoms with E-state index in [1.807, 2.05) is 30.5 Å². The third-order valence-electron chi connectivity index (χ3n) is 6.01. The standard InChI is InChI=1S/C27H29FN2O3S/c1-2-33-24-16-8-7-15-23(24)30(25(31)18-20-12-9-17-34-20)26(21-13-5-6-14-22(21)28)27(32)29-19-10-3-4-11-19/h5-9,12-17,19,26H,2-4,10-11,18H2,1H3,(H,29,32)/t26-/m1/s1. The molecule has 1 fully saturated rings. The van der Waals surface area contributed by atoms with Gasteiger partial charge in [0.25, 0.3) is 0 Å². The highest BCUT2D eigenvalue weighted by Crippen LogP contribution is 2.37. The SMILES string of the molecule is CCOc1ccccc1N(C(=O)Cc1cccs1)[C@@H](C(=O)NC1CCCC1)c1ccccc1F. The molecular formula is C27H29FN2O3S. The minimum Gasteiger partial charge on any atom is -0.492 e. The lowest BCUT2D eigenvalue weighted by atomic mass is 10.0. The Morgan fingerprint density at radius 2 is 1.82 bits per heavy atom. The number of hydrogen-bond acceptors (Lipinski definition) is 4. The van der Waals surface area contributed by atoms with Crippen LogP contribution in [0.4, 0.5) is 10.1 Å². The second-order valence-corrected chi connectivity index (χ2v) is 9.37. The van der Waals surface area contributed by atoms with Gasteiger partial charge in [-0.05, 0) is 49.4 Å². The second-order valence-electron chi connectivity index (χ2n) is 8.33. The molecule has 4 rings (SSSR count). The van der Waals surface area contributed by atoms with Crippen LogP contribution in [0.15, 0.2) is 66.0 Å². The van der Waals surface area contributed by atoms with Crippen molar-refractivity contribution in [1.29, 1.82) is 0 Å². The number of amides is 2. The van der Waals surface area contributed by atoms with E-state index in [0.29, 0.717) is 18.0 Å². The lowest BCUT2D eigenvalue weighted by Gasteiger charge is -2.33. The molecule has 0 saturated heterocycles. The molecule has 1 N–H and O–H groups in total. The number of carbonyl (C=O) groups is 2. The van der Waals surface area contributed by atoms with Gasteiger partial charge in [0, 0.05) is 16.5 Å². The van der Waals surface area contributed by atoms with Crippen molar-refractivity contribution in [2.24, 2.45) is 0 Å². The minimum absolute atomic E-state index is 0.0261. The Labute approximate surface area is 203 Å². The second kappa shape index (κ2) is 11.3. The molecule has 0 spiro atoms. The maximum Gasteiger partial charge on any atom is 0.248 e. The van der Waals surface area contributed by atoms with Crippen LogP contribution in [0, 0.1) is 5.82 Å². The Bertz CT molecular complexity index is 1110. The summed E-state index contributed by atoms with van der Waals surface area (Å²) in [5.41, 5.74) is 0.601. The van der Waals surface area contributed by atoms with Crippen molar-refractivity contribution in [3.8, 4) is 5.75 Å². The number of hydrogen-bond donors (Lipinski definition) is 1. The fourth-order valence-corrected chi connectivity index (χ4v) is 5.14. The summed E-state index contributed by atoms with van der Waals surface area (Å²) < 4.78 is 20.9. The fourth-order valence-electron chi connectivity index (χ4n) is 4.44. The van der Waals surface area contributed by atoms with Crippen molar-refractivity contribution < 1.29 is 18.7 Å². The quantitative estimate of drug-likeness (QED) is 0.430. The molecule has 1 heterocycles. The lowest BCUT2D eigenvalue weighted by molar-refractivity contribution is -0.127. The number of benzene rings is 2. The molecular weight excluding hydrogens is 451 g/mol. The van der Waals surface area contributed by atoms with Gasteiger partial charge in [-0.1, -0.05) is 49.2 Å². The van der Waals surface area contributed by atoms with Crippen molar-refractivity contribution in [3.05, 3.63) is 82.3 Å². The van der Waals surface area contributed by atoms with Crippen LogP contribution in [0.5, 0.6) is 5.75 Å². The average Bonchev–Trinajstić information content (AvgIpc) is 3.53. The maximum atomic E-state index is 15.1. The molecule has 1 aromatic heterocycles. The van der Waals surface area contributed by atoms with E-state index >= 15 is 4.39 Å². The molecule has 1 aliphatic rings. The fraction of sp³-hybridized carbons (Fsp3) is 0.333. The molecule has 3 aromatic rings. The first-order chi connectivity index (χ1) is 16.6. The Balaban J connectivity index is 1.82. The number of thiophene rings is 1. The molecule has 178 valence electrons. The van der Waals surface area contributed by atoms with Gasteiger partial charge in [0.2, 0.25) is 11.8 Å². The molecule has 7 heteroatoms. The molecule has 0 unspecified atom stereocenters. The van der Waals surface area contributed by atoms with Crippen LogP contribution in [-0.4, -0.2) is 24.5 Å². The van der Waals surface area contributed by atoms with Crippen LogP contribution in [0.1, 0.15) is 49.1 Å². The van der Waals surface area contributed by atoms with E-state index in [2.05, 4.69) is 5.32 Å². The number of nitrogens with zero attached hydrogens (tertiary/aromatic N) is 1. The monoisotopic (exact) mass is 480 g/mol. The average molecular weight is 481 g/mol. The van der Waals surface area contributed by atoms with Crippen LogP contribution < -0.4 is 15.0 Å². The van der Waals surface area contributed by atoms with E-state index in [9.17, 15) is 9.59 Å². The first-order valence-corrected chi connectivity index (χ1v) is 12.6. The maximum absolute atomic E-state index is 15.1. The van der Waals surface area contributed by atoms with Crippen molar-refractivity contribution in [2.75, 3.05) is 11.5 Å². The van der Waals surface area contributed by atoms with Gasteiger partial charge in [-0.15, -0.1) is 11.3 Å². The topological polar surface area (TPSA) is 58.6 Å². The van der Waals surface area contributed by atoms with Crippen LogP contribution >= 0.6 is 11.3 Å². The molecule has 5 nitrogen and oxygen atoms in total. The molecule has 2 aromatic carbocycles. The smallest absolute Gasteiger partial charge is 0.248 e. The molecule has 1 atom stereocenters. The zero-order chi connectivity index (χ0) is 23.9. The van der Waals surface area contributed by atoms with E-state index in [1.165, 1.54) is 22.3 Å². The number of rotatable bonds is 9. The first kappa shape index (κ1) is 24.0. The molecule has 0 bridgehead atoms. The Kier molecular flexibility index (Phi) is 7.95. The summed E-state index contributed by atoms with van der Waals surface area (Å²) >= 11 is 1.47. The molecule has 2 amide bonds. The third kappa shape index (κ3) is 5.47. The molecule has 0 radical (unpaired) electrons. The predicted molar refractivity (Wildman–Crippen MR) is 133 cm³/mol. The van der Waals surface area contributed by atoms with Gasteiger partial charge >= 0.3 is 0 Å². The zero-order valence-electron chi connectivity index (χ0n) is 19.2. The van der Waals surface area contributed by atoms with Crippen LogP contribution in [0.25, 0.3) is 0 Å². The van der Waals surface area contributed by atoms with E-state index in [-0.39, 0.29) is 29.8 Å². The number of anilines is 1. The van der Waals surface area contributed by atoms with Crippen LogP contribution in [0.3, 0.4) is 0 Å². The first-order valence-electron chi connectivity index (χ1n) is 11.7. The Morgan fingerprint density at radius 3 is 2.53 bits per heavy atom. The number of ether oxygens (including phenoxy) is 1. The van der Waals surface area contributed by atoms with Gasteiger partial charge in [0.15, 0.2) is 0 Å². The summed E-state index contributed by atoms with van der Waals surface area (Å²) in [6.07, 6.45) is 3.95. The van der Waals surface area contributed by atoms with Gasteiger partial charge in [-0.2, -0.15) is 0 Å². The summed E-state index contributed by atoms with van der Waals surface area (Å²) in [5.74, 6) is -0.747. The molecule has 34 heavy (non-hydrogen) atoms. The summed E-state index contributed by atoms with van der Waals surface area (Å²) in [7, 11) is 0. The number of halogens is 1. The Morgan fingerprint density at radius 1 is 1.09 bits per heavy atom. The van der Waals surface area contributed by atoms with Crippen LogP contribution in [-0.2, 0) is 16.0 Å². The number of carbonyl (C=O) groups excluding carboxylic acids is 2. The van der Waals surface area contributed by atoms with E-state index < -0.39 is 11.9 Å². The highest BCUT2D eigenvalue weighted by atomic mass is 32.1. The minimum atomic E-state index is -1.17. The summed E-state index contributed by atoms with van der Waals surface area (Å²) in [6.45, 7) is 2.25. The molecule has 1 aliphatic carbocycles. The van der Waals surface area contributed by atoms with Gasteiger partial charge in [-0.3, -0.25) is 14.5 Å². The predicted octanol–water partition coefficient (Wildman–Crippen LogP) is 5.66. The van der Waals surface area contributed by atoms with E-state index in [1.54, 1.807) is 36.4 Å². The summed E-state index contributed by atoms with van der Waals surface area (Å²) in [4.78, 5) is 29.8. The van der Waals surface area contributed by atoms with Crippen LogP contribution in [0.2, 0.25) is 0 Å². The lowest BCUT2D eigenvalue weighted by Crippen LogP contribution is -2.47. The van der Waals surface area contributed by atoms with Gasteiger partial charge in [0.1, 0.15) is 17.6 Å². The van der Waals surface area contributed by atoms with Crippen molar-refractivity contribution in [1.82, 2.24) is 5.32 Å². The number of nitrogens with one attached hydrogen (secondary N) is 1. The Hall–Kier alpha value is -3.19. The molecule has 0 aliphatic heterocycles. The summed E-state index contributed by atoms with van der Waals surface area (Å²) in [5, 5.41) is 4.99. The van der Waals surface area contributed by atoms with Crippen molar-refractivity contribution in [2.45, 2.75) is 51.1 Å². The highest BCUT2D eigenvalue weighted by Gasteiger charge is 2.37. The van der Waals surface area contributed by atoms with Gasteiger partial charge in [0.05, 0.1) is 18.7 Å².